The SMILES string of the molecule is CCCCC(CC)CC(CCCCCCCCCC(=O)O)C(C)(CC(CC)CCCC)C(=O)O. The van der Waals surface area contributed by atoms with Crippen LogP contribution in [0.4, 0.5) is 0 Å². The van der Waals surface area contributed by atoms with Crippen LogP contribution in [0.3, 0.4) is 0 Å². The van der Waals surface area contributed by atoms with Crippen molar-refractivity contribution in [3.8, 4) is 0 Å². The van der Waals surface area contributed by atoms with E-state index in [0.717, 1.165) is 77.0 Å². The number of hydrogen-bond acceptors (Lipinski definition) is 2. The van der Waals surface area contributed by atoms with Gasteiger partial charge in [0, 0.05) is 6.42 Å². The summed E-state index contributed by atoms with van der Waals surface area (Å²) >= 11 is 0. The topological polar surface area (TPSA) is 74.6 Å². The molecule has 2 N–H and O–H groups in total. The molecule has 34 heavy (non-hydrogen) atoms. The van der Waals surface area contributed by atoms with Crippen molar-refractivity contribution in [3.05, 3.63) is 0 Å². The van der Waals surface area contributed by atoms with Crippen molar-refractivity contribution >= 4 is 11.9 Å². The molecule has 0 radical (unpaired) electrons. The molecule has 0 aromatic rings. The number of hydrogen-bond donors (Lipinski definition) is 2. The summed E-state index contributed by atoms with van der Waals surface area (Å²) in [6.45, 7) is 11.0. The van der Waals surface area contributed by atoms with E-state index in [4.69, 9.17) is 5.11 Å². The lowest BCUT2D eigenvalue weighted by Gasteiger charge is -2.39. The Bertz CT molecular complexity index is 518. The van der Waals surface area contributed by atoms with Crippen LogP contribution in [0.25, 0.3) is 0 Å². The summed E-state index contributed by atoms with van der Waals surface area (Å²) in [6, 6.07) is 0. The molecule has 0 saturated carbocycles. The lowest BCUT2D eigenvalue weighted by molar-refractivity contribution is -0.154. The van der Waals surface area contributed by atoms with Gasteiger partial charge < -0.3 is 10.2 Å². The molecule has 0 aromatic carbocycles. The van der Waals surface area contributed by atoms with Crippen molar-refractivity contribution in [1.29, 1.82) is 0 Å². The van der Waals surface area contributed by atoms with E-state index in [1.54, 1.807) is 0 Å². The van der Waals surface area contributed by atoms with Crippen molar-refractivity contribution < 1.29 is 19.8 Å². The second kappa shape index (κ2) is 20.2. The number of carboxylic acid groups (broad SMARTS) is 2. The highest BCUT2D eigenvalue weighted by molar-refractivity contribution is 5.74. The van der Waals surface area contributed by atoms with Crippen molar-refractivity contribution in [2.45, 2.75) is 157 Å². The molecule has 0 amide bonds. The fourth-order valence-electron chi connectivity index (χ4n) is 5.60. The normalized spacial score (nSPS) is 16.0. The van der Waals surface area contributed by atoms with E-state index in [9.17, 15) is 14.7 Å². The zero-order chi connectivity index (χ0) is 25.8. The Balaban J connectivity index is 5.08. The highest BCUT2D eigenvalue weighted by Crippen LogP contribution is 2.44. The van der Waals surface area contributed by atoms with Crippen LogP contribution in [0.15, 0.2) is 0 Å². The molecule has 0 rings (SSSR count). The van der Waals surface area contributed by atoms with Crippen molar-refractivity contribution in [1.82, 2.24) is 0 Å². The Kier molecular flexibility index (Phi) is 19.5. The maximum Gasteiger partial charge on any atom is 0.309 e. The van der Waals surface area contributed by atoms with Crippen molar-refractivity contribution in [2.24, 2.45) is 23.2 Å². The van der Waals surface area contributed by atoms with E-state index in [0.29, 0.717) is 11.8 Å². The standard InChI is InChI=1S/C30H58O4/c1-6-10-19-25(8-3)23-27(21-17-15-13-12-14-16-18-22-28(31)32)30(5,29(33)34)24-26(9-4)20-11-7-2/h25-27H,6-24H2,1-5H3,(H,31,32)(H,33,34). The summed E-state index contributed by atoms with van der Waals surface area (Å²) in [7, 11) is 0. The third-order valence-corrected chi connectivity index (χ3v) is 8.25. The zero-order valence-corrected chi connectivity index (χ0v) is 23.4. The summed E-state index contributed by atoms with van der Waals surface area (Å²) in [5.74, 6) is 0.102. The van der Waals surface area contributed by atoms with E-state index in [2.05, 4.69) is 34.6 Å². The van der Waals surface area contributed by atoms with Crippen LogP contribution in [0.2, 0.25) is 0 Å². The van der Waals surface area contributed by atoms with Gasteiger partial charge in [-0.05, 0) is 50.4 Å². The van der Waals surface area contributed by atoms with E-state index < -0.39 is 17.4 Å². The molecule has 0 aliphatic carbocycles. The van der Waals surface area contributed by atoms with Gasteiger partial charge in [-0.1, -0.05) is 118 Å². The van der Waals surface area contributed by atoms with Gasteiger partial charge in [-0.2, -0.15) is 0 Å². The third kappa shape index (κ3) is 14.4. The number of aliphatic carboxylic acids is 2. The first-order chi connectivity index (χ1) is 16.2. The van der Waals surface area contributed by atoms with Crippen LogP contribution in [-0.2, 0) is 9.59 Å². The Morgan fingerprint density at radius 1 is 0.676 bits per heavy atom. The minimum atomic E-state index is -0.697. The summed E-state index contributed by atoms with van der Waals surface area (Å²) < 4.78 is 0. The molecule has 0 fully saturated rings. The van der Waals surface area contributed by atoms with E-state index in [1.165, 1.54) is 38.5 Å². The number of unbranched alkanes of at least 4 members (excludes halogenated alkanes) is 8. The average Bonchev–Trinajstić information content (AvgIpc) is 2.81. The van der Waals surface area contributed by atoms with E-state index >= 15 is 0 Å². The predicted octanol–water partition coefficient (Wildman–Crippen LogP) is 9.50. The van der Waals surface area contributed by atoms with Crippen LogP contribution < -0.4 is 0 Å². The van der Waals surface area contributed by atoms with Gasteiger partial charge in [0.1, 0.15) is 0 Å². The molecule has 4 atom stereocenters. The molecule has 4 nitrogen and oxygen atoms in total. The lowest BCUT2D eigenvalue weighted by atomic mass is 9.65. The second-order valence-electron chi connectivity index (χ2n) is 11.1. The van der Waals surface area contributed by atoms with E-state index in [-0.39, 0.29) is 12.3 Å². The molecule has 0 aliphatic rings. The van der Waals surface area contributed by atoms with Gasteiger partial charge in [0.15, 0.2) is 0 Å². The first-order valence-electron chi connectivity index (χ1n) is 14.7. The van der Waals surface area contributed by atoms with Crippen LogP contribution in [0.1, 0.15) is 157 Å². The number of carboxylic acids is 2. The fourth-order valence-corrected chi connectivity index (χ4v) is 5.60. The van der Waals surface area contributed by atoms with E-state index in [1.807, 2.05) is 0 Å². The molecule has 0 saturated heterocycles. The van der Waals surface area contributed by atoms with Crippen LogP contribution in [-0.4, -0.2) is 22.2 Å². The quantitative estimate of drug-likeness (QED) is 0.134. The fraction of sp³-hybridized carbons (Fsp3) is 0.933. The summed E-state index contributed by atoms with van der Waals surface area (Å²) in [6.07, 6.45) is 20.1. The highest BCUT2D eigenvalue weighted by Gasteiger charge is 2.42. The van der Waals surface area contributed by atoms with Gasteiger partial charge in [0.25, 0.3) is 0 Å². The molecule has 0 heterocycles. The van der Waals surface area contributed by atoms with Crippen molar-refractivity contribution in [3.63, 3.8) is 0 Å². The van der Waals surface area contributed by atoms with Crippen LogP contribution in [0.5, 0.6) is 0 Å². The zero-order valence-electron chi connectivity index (χ0n) is 23.4. The Hall–Kier alpha value is -1.06. The summed E-state index contributed by atoms with van der Waals surface area (Å²) in [5.41, 5.74) is -0.634. The minimum absolute atomic E-state index is 0.248. The average molecular weight is 483 g/mol. The Labute approximate surface area is 211 Å². The molecule has 0 bridgehead atoms. The monoisotopic (exact) mass is 482 g/mol. The molecule has 202 valence electrons. The molecular weight excluding hydrogens is 424 g/mol. The molecule has 0 aromatic heterocycles. The van der Waals surface area contributed by atoms with Gasteiger partial charge in [0.2, 0.25) is 0 Å². The molecule has 0 aliphatic heterocycles. The second-order valence-corrected chi connectivity index (χ2v) is 11.1. The number of rotatable bonds is 24. The summed E-state index contributed by atoms with van der Waals surface area (Å²) in [4.78, 5) is 23.3. The third-order valence-electron chi connectivity index (χ3n) is 8.25. The maximum absolute atomic E-state index is 12.7. The van der Waals surface area contributed by atoms with Gasteiger partial charge in [-0.15, -0.1) is 0 Å². The van der Waals surface area contributed by atoms with Gasteiger partial charge in [-0.3, -0.25) is 9.59 Å². The smallest absolute Gasteiger partial charge is 0.309 e. The first-order valence-corrected chi connectivity index (χ1v) is 14.7. The maximum atomic E-state index is 12.7. The van der Waals surface area contributed by atoms with Crippen LogP contribution in [0, 0.1) is 23.2 Å². The molecule has 4 unspecified atom stereocenters. The lowest BCUT2D eigenvalue weighted by Crippen LogP contribution is -2.39. The highest BCUT2D eigenvalue weighted by atomic mass is 16.4. The van der Waals surface area contributed by atoms with Gasteiger partial charge >= 0.3 is 11.9 Å². The molecule has 0 spiro atoms. The largest absolute Gasteiger partial charge is 0.481 e. The first kappa shape index (κ1) is 32.9. The minimum Gasteiger partial charge on any atom is -0.481 e. The van der Waals surface area contributed by atoms with Gasteiger partial charge in [-0.25, -0.2) is 0 Å². The Morgan fingerprint density at radius 2 is 1.18 bits per heavy atom. The Morgan fingerprint density at radius 3 is 1.65 bits per heavy atom. The van der Waals surface area contributed by atoms with Crippen molar-refractivity contribution in [2.75, 3.05) is 0 Å². The number of carbonyl (C=O) groups is 2. The van der Waals surface area contributed by atoms with Gasteiger partial charge in [0.05, 0.1) is 5.41 Å². The predicted molar refractivity (Wildman–Crippen MR) is 144 cm³/mol. The molecule has 4 heteroatoms. The molecular formula is C30H58O4. The van der Waals surface area contributed by atoms with Crippen LogP contribution >= 0.6 is 0 Å². The summed E-state index contributed by atoms with van der Waals surface area (Å²) in [5, 5.41) is 19.2.